The minimum atomic E-state index is -1.41. The predicted octanol–water partition coefficient (Wildman–Crippen LogP) is 6.38. The standard InChI is InChI=1S/C31H58O8/c1-4-6-8-10-12-14-16-18-20-22-26(32)37-24-25-28(34)29(35)30(31(36-3)38-25)39-27(33)23-21-19-17-15-13-11-9-7-5-2/h25,28-31,34-35H,4-24H2,1-3H3/t25-,28-,29+,30-,31?/m1/s1. The first-order valence-electron chi connectivity index (χ1n) is 15.8. The molecule has 8 heteroatoms. The fraction of sp³-hybridized carbons (Fsp3) is 0.935. The van der Waals surface area contributed by atoms with E-state index in [2.05, 4.69) is 13.8 Å². The van der Waals surface area contributed by atoms with Gasteiger partial charge in [0.2, 0.25) is 0 Å². The second-order valence-corrected chi connectivity index (χ2v) is 11.1. The second-order valence-electron chi connectivity index (χ2n) is 11.1. The molecule has 39 heavy (non-hydrogen) atoms. The van der Waals surface area contributed by atoms with Crippen molar-refractivity contribution in [1.82, 2.24) is 0 Å². The lowest BCUT2D eigenvalue weighted by Crippen LogP contribution is -2.60. The van der Waals surface area contributed by atoms with Crippen molar-refractivity contribution < 1.29 is 38.7 Å². The van der Waals surface area contributed by atoms with Gasteiger partial charge in [0.05, 0.1) is 0 Å². The van der Waals surface area contributed by atoms with Crippen molar-refractivity contribution in [2.75, 3.05) is 13.7 Å². The summed E-state index contributed by atoms with van der Waals surface area (Å²) in [5.74, 6) is -0.808. The van der Waals surface area contributed by atoms with Gasteiger partial charge in [-0.2, -0.15) is 0 Å². The Hall–Kier alpha value is -1.22. The highest BCUT2D eigenvalue weighted by Crippen LogP contribution is 2.25. The van der Waals surface area contributed by atoms with Gasteiger partial charge in [0, 0.05) is 20.0 Å². The molecule has 0 spiro atoms. The number of ether oxygens (including phenoxy) is 4. The summed E-state index contributed by atoms with van der Waals surface area (Å²) >= 11 is 0. The van der Waals surface area contributed by atoms with Gasteiger partial charge in [0.1, 0.15) is 24.9 Å². The predicted molar refractivity (Wildman–Crippen MR) is 152 cm³/mol. The molecule has 8 nitrogen and oxygen atoms in total. The average Bonchev–Trinajstić information content (AvgIpc) is 2.93. The number of hydrogen-bond donors (Lipinski definition) is 2. The summed E-state index contributed by atoms with van der Waals surface area (Å²) in [6.45, 7) is 4.22. The van der Waals surface area contributed by atoms with Crippen molar-refractivity contribution >= 4 is 11.9 Å². The molecule has 1 aliphatic heterocycles. The largest absolute Gasteiger partial charge is 0.463 e. The molecule has 0 amide bonds. The molecule has 0 aliphatic carbocycles. The second kappa shape index (κ2) is 23.5. The maximum atomic E-state index is 12.4. The Bertz CT molecular complexity index is 609. The molecule has 230 valence electrons. The lowest BCUT2D eigenvalue weighted by molar-refractivity contribution is -0.298. The Morgan fingerprint density at radius 3 is 1.54 bits per heavy atom. The molecule has 1 saturated heterocycles. The summed E-state index contributed by atoms with van der Waals surface area (Å²) in [6, 6.07) is 0. The lowest BCUT2D eigenvalue weighted by atomic mass is 9.99. The van der Waals surface area contributed by atoms with Gasteiger partial charge in [0.25, 0.3) is 0 Å². The number of carbonyl (C=O) groups excluding carboxylic acids is 2. The number of esters is 2. The summed E-state index contributed by atoms with van der Waals surface area (Å²) in [4.78, 5) is 24.5. The Morgan fingerprint density at radius 2 is 1.08 bits per heavy atom. The normalized spacial score (nSPS) is 23.1. The minimum absolute atomic E-state index is 0.201. The molecule has 1 aliphatic rings. The van der Waals surface area contributed by atoms with Crippen molar-refractivity contribution in [3.8, 4) is 0 Å². The van der Waals surface area contributed by atoms with Crippen LogP contribution in [0.25, 0.3) is 0 Å². The third-order valence-electron chi connectivity index (χ3n) is 7.52. The number of unbranched alkanes of at least 4 members (excludes halogenated alkanes) is 16. The van der Waals surface area contributed by atoms with Crippen LogP contribution in [0.15, 0.2) is 0 Å². The third kappa shape index (κ3) is 16.6. The van der Waals surface area contributed by atoms with Crippen LogP contribution in [0.2, 0.25) is 0 Å². The van der Waals surface area contributed by atoms with Gasteiger partial charge in [0.15, 0.2) is 12.4 Å². The number of aliphatic hydroxyl groups is 2. The van der Waals surface area contributed by atoms with Crippen LogP contribution in [0.3, 0.4) is 0 Å². The van der Waals surface area contributed by atoms with Crippen LogP contribution in [0, 0.1) is 0 Å². The fourth-order valence-electron chi connectivity index (χ4n) is 4.98. The topological polar surface area (TPSA) is 112 Å². The van der Waals surface area contributed by atoms with Crippen LogP contribution >= 0.6 is 0 Å². The highest BCUT2D eigenvalue weighted by molar-refractivity contribution is 5.69. The third-order valence-corrected chi connectivity index (χ3v) is 7.52. The molecule has 0 bridgehead atoms. The molecule has 0 aromatic carbocycles. The summed E-state index contributed by atoms with van der Waals surface area (Å²) < 4.78 is 21.7. The molecule has 1 rings (SSSR count). The van der Waals surface area contributed by atoms with Gasteiger partial charge in [-0.1, -0.05) is 117 Å². The summed E-state index contributed by atoms with van der Waals surface area (Å²) in [7, 11) is 1.38. The minimum Gasteiger partial charge on any atom is -0.463 e. The Labute approximate surface area is 237 Å². The molecular weight excluding hydrogens is 500 g/mol. The first kappa shape index (κ1) is 35.8. The highest BCUT2D eigenvalue weighted by atomic mass is 16.7. The van der Waals surface area contributed by atoms with E-state index in [1.165, 1.54) is 84.2 Å². The van der Waals surface area contributed by atoms with Crippen molar-refractivity contribution in [1.29, 1.82) is 0 Å². The van der Waals surface area contributed by atoms with Gasteiger partial charge < -0.3 is 29.2 Å². The zero-order valence-electron chi connectivity index (χ0n) is 25.1. The van der Waals surface area contributed by atoms with Gasteiger partial charge in [-0.25, -0.2) is 0 Å². The number of methoxy groups -OCH3 is 1. The maximum Gasteiger partial charge on any atom is 0.306 e. The van der Waals surface area contributed by atoms with Crippen molar-refractivity contribution in [3.05, 3.63) is 0 Å². The number of aliphatic hydroxyl groups excluding tert-OH is 2. The van der Waals surface area contributed by atoms with Gasteiger partial charge in [-0.05, 0) is 12.8 Å². The van der Waals surface area contributed by atoms with Crippen LogP contribution in [0.5, 0.6) is 0 Å². The molecule has 1 heterocycles. The first-order valence-corrected chi connectivity index (χ1v) is 15.8. The molecule has 0 aromatic rings. The Kier molecular flexibility index (Phi) is 21.6. The Balaban J connectivity index is 2.25. The van der Waals surface area contributed by atoms with E-state index in [4.69, 9.17) is 18.9 Å². The smallest absolute Gasteiger partial charge is 0.306 e. The van der Waals surface area contributed by atoms with E-state index in [1.807, 2.05) is 0 Å². The molecule has 0 aromatic heterocycles. The molecule has 2 N–H and O–H groups in total. The van der Waals surface area contributed by atoms with Gasteiger partial charge >= 0.3 is 11.9 Å². The van der Waals surface area contributed by atoms with Crippen molar-refractivity contribution in [2.45, 2.75) is 173 Å². The molecule has 1 fully saturated rings. The van der Waals surface area contributed by atoms with Crippen LogP contribution in [-0.2, 0) is 28.5 Å². The monoisotopic (exact) mass is 558 g/mol. The maximum absolute atomic E-state index is 12.4. The van der Waals surface area contributed by atoms with Gasteiger partial charge in [-0.3, -0.25) is 9.59 Å². The summed E-state index contributed by atoms with van der Waals surface area (Å²) in [6.07, 6.45) is 15.4. The quantitative estimate of drug-likeness (QED) is 0.104. The molecule has 1 unspecified atom stereocenters. The molecule has 0 radical (unpaired) electrons. The van der Waals surface area contributed by atoms with Crippen LogP contribution in [0.4, 0.5) is 0 Å². The van der Waals surface area contributed by atoms with E-state index < -0.39 is 36.7 Å². The number of carbonyl (C=O) groups is 2. The molecule has 0 saturated carbocycles. The van der Waals surface area contributed by atoms with E-state index in [0.717, 1.165) is 38.5 Å². The molecule has 5 atom stereocenters. The van der Waals surface area contributed by atoms with Crippen LogP contribution in [-0.4, -0.2) is 66.6 Å². The average molecular weight is 559 g/mol. The fourth-order valence-corrected chi connectivity index (χ4v) is 4.98. The lowest BCUT2D eigenvalue weighted by Gasteiger charge is -2.41. The van der Waals surface area contributed by atoms with Crippen LogP contribution < -0.4 is 0 Å². The number of hydrogen-bond acceptors (Lipinski definition) is 8. The van der Waals surface area contributed by atoms with E-state index in [1.54, 1.807) is 0 Å². The highest BCUT2D eigenvalue weighted by Gasteiger charge is 2.47. The van der Waals surface area contributed by atoms with E-state index in [-0.39, 0.29) is 19.0 Å². The van der Waals surface area contributed by atoms with E-state index in [9.17, 15) is 19.8 Å². The molecular formula is C31H58O8. The summed E-state index contributed by atoms with van der Waals surface area (Å²) in [5, 5.41) is 21.2. The zero-order valence-corrected chi connectivity index (χ0v) is 25.1. The van der Waals surface area contributed by atoms with E-state index >= 15 is 0 Å². The first-order chi connectivity index (χ1) is 18.9. The van der Waals surface area contributed by atoms with E-state index in [0.29, 0.717) is 6.42 Å². The number of rotatable bonds is 24. The van der Waals surface area contributed by atoms with Crippen LogP contribution in [0.1, 0.15) is 142 Å². The van der Waals surface area contributed by atoms with Crippen molar-refractivity contribution in [2.24, 2.45) is 0 Å². The zero-order chi connectivity index (χ0) is 28.7. The van der Waals surface area contributed by atoms with Gasteiger partial charge in [-0.15, -0.1) is 0 Å². The summed E-state index contributed by atoms with van der Waals surface area (Å²) in [5.41, 5.74) is 0. The Morgan fingerprint density at radius 1 is 0.641 bits per heavy atom. The SMILES string of the molecule is CCCCCCCCCCCC(=O)OC[C@H]1OC(OC)[C@H](OC(=O)CCCCCCCCCCC)[C@@H](O)[C@@H]1O. The van der Waals surface area contributed by atoms with Crippen molar-refractivity contribution in [3.63, 3.8) is 0 Å².